The van der Waals surface area contributed by atoms with Gasteiger partial charge >= 0.3 is 0 Å². The maximum Gasteiger partial charge on any atom is 0.122 e. The molecule has 0 N–H and O–H groups in total. The van der Waals surface area contributed by atoms with Crippen LogP contribution >= 0.6 is 15.9 Å². The number of ether oxygens (including phenoxy) is 1. The molecule has 1 aromatic carbocycles. The van der Waals surface area contributed by atoms with Crippen molar-refractivity contribution >= 4 is 21.6 Å². The molecule has 0 aliphatic carbocycles. The monoisotopic (exact) mass is 298 g/mol. The highest BCUT2D eigenvalue weighted by atomic mass is 79.9. The minimum atomic E-state index is 0.910. The second kappa shape index (κ2) is 5.74. The molecule has 17 heavy (non-hydrogen) atoms. The van der Waals surface area contributed by atoms with Crippen LogP contribution in [0.2, 0.25) is 0 Å². The van der Waals surface area contributed by atoms with Gasteiger partial charge < -0.3 is 14.5 Å². The molecule has 0 unspecified atom stereocenters. The van der Waals surface area contributed by atoms with Gasteiger partial charge in [0.1, 0.15) is 5.75 Å². The van der Waals surface area contributed by atoms with Crippen molar-refractivity contribution in [2.75, 3.05) is 44.7 Å². The van der Waals surface area contributed by atoms with Gasteiger partial charge in [-0.2, -0.15) is 0 Å². The van der Waals surface area contributed by atoms with Crippen LogP contribution in [-0.2, 0) is 0 Å². The van der Waals surface area contributed by atoms with Crippen molar-refractivity contribution in [3.63, 3.8) is 0 Å². The van der Waals surface area contributed by atoms with E-state index in [-0.39, 0.29) is 0 Å². The van der Waals surface area contributed by atoms with E-state index in [1.165, 1.54) is 5.69 Å². The van der Waals surface area contributed by atoms with E-state index < -0.39 is 0 Å². The Morgan fingerprint density at radius 1 is 1.18 bits per heavy atom. The summed E-state index contributed by atoms with van der Waals surface area (Å²) in [7, 11) is 1.71. The second-order valence-electron chi connectivity index (χ2n) is 4.27. The lowest BCUT2D eigenvalue weighted by molar-refractivity contribution is 0.271. The Morgan fingerprint density at radius 3 is 2.47 bits per heavy atom. The molecule has 0 amide bonds. The molecule has 1 saturated heterocycles. The summed E-state index contributed by atoms with van der Waals surface area (Å²) in [5.41, 5.74) is 1.24. The molecule has 0 spiro atoms. The Balaban J connectivity index is 2.10. The van der Waals surface area contributed by atoms with Gasteiger partial charge in [-0.3, -0.25) is 0 Å². The second-order valence-corrected chi connectivity index (χ2v) is 5.19. The molecule has 0 atom stereocenters. The summed E-state index contributed by atoms with van der Waals surface area (Å²) < 4.78 is 6.38. The zero-order valence-corrected chi connectivity index (χ0v) is 12.0. The van der Waals surface area contributed by atoms with Crippen molar-refractivity contribution in [2.45, 2.75) is 6.92 Å². The average Bonchev–Trinajstić information content (AvgIpc) is 2.38. The molecule has 0 radical (unpaired) electrons. The van der Waals surface area contributed by atoms with E-state index in [4.69, 9.17) is 4.74 Å². The quantitative estimate of drug-likeness (QED) is 0.853. The smallest absolute Gasteiger partial charge is 0.122 e. The topological polar surface area (TPSA) is 15.7 Å². The van der Waals surface area contributed by atoms with Gasteiger partial charge in [-0.15, -0.1) is 0 Å². The van der Waals surface area contributed by atoms with E-state index in [0.29, 0.717) is 0 Å². The van der Waals surface area contributed by atoms with Crippen LogP contribution in [0, 0.1) is 0 Å². The lowest BCUT2D eigenvalue weighted by Gasteiger charge is -2.35. The normalized spacial score (nSPS) is 17.2. The van der Waals surface area contributed by atoms with Crippen molar-refractivity contribution < 1.29 is 4.74 Å². The standard InChI is InChI=1S/C13H19BrN2O/c1-3-15-4-6-16(7-5-15)12-8-11(14)9-13(10-12)17-2/h8-10H,3-7H2,1-2H3. The molecule has 0 aromatic heterocycles. The fourth-order valence-corrected chi connectivity index (χ4v) is 2.63. The zero-order valence-electron chi connectivity index (χ0n) is 10.4. The highest BCUT2D eigenvalue weighted by Gasteiger charge is 2.16. The average molecular weight is 299 g/mol. The van der Waals surface area contributed by atoms with Gasteiger partial charge in [0.05, 0.1) is 7.11 Å². The third-order valence-corrected chi connectivity index (χ3v) is 3.73. The van der Waals surface area contributed by atoms with Crippen molar-refractivity contribution in [3.05, 3.63) is 22.7 Å². The summed E-state index contributed by atoms with van der Waals surface area (Å²) in [6, 6.07) is 6.25. The number of methoxy groups -OCH3 is 1. The van der Waals surface area contributed by atoms with Crippen molar-refractivity contribution in [1.82, 2.24) is 4.90 Å². The molecule has 94 valence electrons. The van der Waals surface area contributed by atoms with Crippen molar-refractivity contribution in [3.8, 4) is 5.75 Å². The van der Waals surface area contributed by atoms with Crippen molar-refractivity contribution in [2.24, 2.45) is 0 Å². The Labute approximate surface area is 111 Å². The first kappa shape index (κ1) is 12.7. The van der Waals surface area contributed by atoms with E-state index in [0.717, 1.165) is 42.9 Å². The summed E-state index contributed by atoms with van der Waals surface area (Å²) >= 11 is 3.53. The first-order chi connectivity index (χ1) is 8.22. The summed E-state index contributed by atoms with van der Waals surface area (Å²) in [5.74, 6) is 0.910. The number of likely N-dealkylation sites (N-methyl/N-ethyl adjacent to an activating group) is 1. The molecule has 1 aliphatic heterocycles. The minimum absolute atomic E-state index is 0.910. The van der Waals surface area contributed by atoms with Crippen LogP contribution in [0.25, 0.3) is 0 Å². The van der Waals surface area contributed by atoms with Gasteiger partial charge in [-0.1, -0.05) is 22.9 Å². The van der Waals surface area contributed by atoms with Crippen LogP contribution in [-0.4, -0.2) is 44.7 Å². The molecule has 2 rings (SSSR count). The highest BCUT2D eigenvalue weighted by Crippen LogP contribution is 2.27. The number of nitrogens with zero attached hydrogens (tertiary/aromatic N) is 2. The van der Waals surface area contributed by atoms with Crippen LogP contribution in [0.5, 0.6) is 5.75 Å². The van der Waals surface area contributed by atoms with E-state index in [1.807, 2.05) is 6.07 Å². The molecule has 1 heterocycles. The number of benzene rings is 1. The summed E-state index contributed by atoms with van der Waals surface area (Å²) in [4.78, 5) is 4.89. The van der Waals surface area contributed by atoms with E-state index in [2.05, 4.69) is 44.8 Å². The van der Waals surface area contributed by atoms with E-state index in [1.54, 1.807) is 7.11 Å². The number of anilines is 1. The lowest BCUT2D eigenvalue weighted by Crippen LogP contribution is -2.46. The van der Waals surface area contributed by atoms with Crippen LogP contribution in [0.4, 0.5) is 5.69 Å². The number of halogens is 1. The van der Waals surface area contributed by atoms with Gasteiger partial charge in [0.25, 0.3) is 0 Å². The van der Waals surface area contributed by atoms with Crippen LogP contribution in [0.15, 0.2) is 22.7 Å². The summed E-state index contributed by atoms with van der Waals surface area (Å²) in [6.45, 7) is 7.84. The maximum atomic E-state index is 5.30. The Kier molecular flexibility index (Phi) is 4.29. The summed E-state index contributed by atoms with van der Waals surface area (Å²) in [5, 5.41) is 0. The zero-order chi connectivity index (χ0) is 12.3. The number of rotatable bonds is 3. The first-order valence-electron chi connectivity index (χ1n) is 6.05. The number of hydrogen-bond donors (Lipinski definition) is 0. The molecular formula is C13H19BrN2O. The maximum absolute atomic E-state index is 5.30. The van der Waals surface area contributed by atoms with E-state index >= 15 is 0 Å². The fourth-order valence-electron chi connectivity index (χ4n) is 2.17. The van der Waals surface area contributed by atoms with Gasteiger partial charge in [-0.05, 0) is 18.7 Å². The third kappa shape index (κ3) is 3.13. The van der Waals surface area contributed by atoms with Crippen LogP contribution in [0.3, 0.4) is 0 Å². The number of hydrogen-bond acceptors (Lipinski definition) is 3. The Bertz CT molecular complexity index is 376. The lowest BCUT2D eigenvalue weighted by atomic mass is 10.2. The molecular weight excluding hydrogens is 280 g/mol. The molecule has 4 heteroatoms. The third-order valence-electron chi connectivity index (χ3n) is 3.28. The van der Waals surface area contributed by atoms with Gasteiger partial charge in [0, 0.05) is 42.4 Å². The Hall–Kier alpha value is -0.740. The van der Waals surface area contributed by atoms with Gasteiger partial charge in [0.2, 0.25) is 0 Å². The highest BCUT2D eigenvalue weighted by molar-refractivity contribution is 9.10. The minimum Gasteiger partial charge on any atom is -0.497 e. The predicted molar refractivity (Wildman–Crippen MR) is 75.0 cm³/mol. The van der Waals surface area contributed by atoms with Gasteiger partial charge in [0.15, 0.2) is 0 Å². The molecule has 1 fully saturated rings. The van der Waals surface area contributed by atoms with Crippen molar-refractivity contribution in [1.29, 1.82) is 0 Å². The molecule has 1 aromatic rings. The SMILES string of the molecule is CCN1CCN(c2cc(Br)cc(OC)c2)CC1. The predicted octanol–water partition coefficient (Wildman–Crippen LogP) is 2.60. The number of piperazine rings is 1. The molecule has 0 bridgehead atoms. The molecule has 1 aliphatic rings. The van der Waals surface area contributed by atoms with Gasteiger partial charge in [-0.25, -0.2) is 0 Å². The van der Waals surface area contributed by atoms with Crippen LogP contribution in [0.1, 0.15) is 6.92 Å². The fraction of sp³-hybridized carbons (Fsp3) is 0.538. The van der Waals surface area contributed by atoms with E-state index in [9.17, 15) is 0 Å². The molecule has 0 saturated carbocycles. The Morgan fingerprint density at radius 2 is 1.88 bits per heavy atom. The van der Waals surface area contributed by atoms with Crippen LogP contribution < -0.4 is 9.64 Å². The first-order valence-corrected chi connectivity index (χ1v) is 6.84. The summed E-state index contributed by atoms with van der Waals surface area (Å²) in [6.07, 6.45) is 0. The largest absolute Gasteiger partial charge is 0.497 e. The molecule has 3 nitrogen and oxygen atoms in total.